The van der Waals surface area contributed by atoms with E-state index >= 15 is 0 Å². The number of benzene rings is 3. The van der Waals surface area contributed by atoms with Crippen molar-refractivity contribution in [1.29, 1.82) is 0 Å². The highest BCUT2D eigenvalue weighted by molar-refractivity contribution is 7.14. The summed E-state index contributed by atoms with van der Waals surface area (Å²) in [7, 11) is 0. The van der Waals surface area contributed by atoms with Crippen molar-refractivity contribution in [2.24, 2.45) is 5.16 Å². The van der Waals surface area contributed by atoms with Gasteiger partial charge in [-0.15, -0.1) is 11.3 Å². The third kappa shape index (κ3) is 7.01. The molecule has 0 spiro atoms. The molecule has 206 valence electrons. The normalized spacial score (nSPS) is 12.8. The van der Waals surface area contributed by atoms with Crippen molar-refractivity contribution >= 4 is 34.4 Å². The quantitative estimate of drug-likeness (QED) is 0.0739. The minimum Gasteiger partial charge on any atom is -0.460 e. The van der Waals surface area contributed by atoms with Crippen molar-refractivity contribution < 1.29 is 19.2 Å². The van der Waals surface area contributed by atoms with Gasteiger partial charge in [0.25, 0.3) is 0 Å². The van der Waals surface area contributed by atoms with Gasteiger partial charge < -0.3 is 14.9 Å². The summed E-state index contributed by atoms with van der Waals surface area (Å²) < 4.78 is 5.33. The van der Waals surface area contributed by atoms with E-state index < -0.39 is 23.2 Å². The maximum Gasteiger partial charge on any atom is 0.310 e. The average Bonchev–Trinajstić information content (AvgIpc) is 3.40. The molecule has 40 heavy (non-hydrogen) atoms. The molecule has 0 aliphatic heterocycles. The first kappa shape index (κ1) is 28.7. The number of aldehydes is 1. The smallest absolute Gasteiger partial charge is 0.310 e. The maximum absolute atomic E-state index is 12.1. The summed E-state index contributed by atoms with van der Waals surface area (Å²) in [6, 6.07) is 30.5. The molecular formula is C32H33N3O4S. The second-order valence-corrected chi connectivity index (χ2v) is 11.2. The Labute approximate surface area is 238 Å². The number of anilines is 1. The molecule has 1 unspecified atom stereocenters. The lowest BCUT2D eigenvalue weighted by Gasteiger charge is -2.36. The summed E-state index contributed by atoms with van der Waals surface area (Å²) >= 11 is 1.36. The van der Waals surface area contributed by atoms with Crippen molar-refractivity contribution in [1.82, 2.24) is 4.98 Å². The van der Waals surface area contributed by atoms with Gasteiger partial charge in [-0.2, -0.15) is 0 Å². The number of nitrogens with zero attached hydrogens (tertiary/aromatic N) is 2. The van der Waals surface area contributed by atoms with Gasteiger partial charge in [0.2, 0.25) is 0 Å². The van der Waals surface area contributed by atoms with Gasteiger partial charge in [0.15, 0.2) is 17.1 Å². The Morgan fingerprint density at radius 3 is 1.88 bits per heavy atom. The molecular weight excluding hydrogens is 522 g/mol. The first-order chi connectivity index (χ1) is 19.2. The summed E-state index contributed by atoms with van der Waals surface area (Å²) in [5, 5.41) is 10.0. The molecule has 4 rings (SSSR count). The molecule has 1 aromatic heterocycles. The highest BCUT2D eigenvalue weighted by atomic mass is 32.1. The van der Waals surface area contributed by atoms with E-state index in [1.54, 1.807) is 33.1 Å². The molecule has 0 fully saturated rings. The van der Waals surface area contributed by atoms with E-state index in [4.69, 9.17) is 14.6 Å². The van der Waals surface area contributed by atoms with E-state index in [2.05, 4.69) is 46.9 Å². The van der Waals surface area contributed by atoms with Crippen LogP contribution in [0.1, 0.15) is 56.5 Å². The fraction of sp³-hybridized carbons (Fsp3) is 0.250. The lowest BCUT2D eigenvalue weighted by molar-refractivity contribution is -0.157. The van der Waals surface area contributed by atoms with Crippen LogP contribution >= 0.6 is 11.3 Å². The molecule has 1 atom stereocenters. The van der Waals surface area contributed by atoms with Gasteiger partial charge in [-0.05, 0) is 44.4 Å². The van der Waals surface area contributed by atoms with Crippen LogP contribution in [0, 0.1) is 0 Å². The van der Waals surface area contributed by atoms with Crippen molar-refractivity contribution in [2.45, 2.75) is 51.4 Å². The molecule has 1 heterocycles. The molecule has 0 amide bonds. The number of hydrogen-bond acceptors (Lipinski definition) is 8. The Morgan fingerprint density at radius 1 is 0.925 bits per heavy atom. The fourth-order valence-electron chi connectivity index (χ4n) is 4.32. The maximum atomic E-state index is 12.1. The Bertz CT molecular complexity index is 1330. The zero-order valence-corrected chi connectivity index (χ0v) is 23.9. The molecule has 0 saturated carbocycles. The predicted molar refractivity (Wildman–Crippen MR) is 159 cm³/mol. The number of aromatic nitrogens is 1. The van der Waals surface area contributed by atoms with Crippen LogP contribution in [-0.2, 0) is 24.7 Å². The number of carbonyl (C=O) groups excluding carboxylic acids is 2. The van der Waals surface area contributed by atoms with Crippen LogP contribution in [0.5, 0.6) is 0 Å². The third-order valence-electron chi connectivity index (χ3n) is 6.00. The summed E-state index contributed by atoms with van der Waals surface area (Å²) in [4.78, 5) is 34.2. The van der Waals surface area contributed by atoms with Crippen LogP contribution in [0.25, 0.3) is 0 Å². The molecule has 8 heteroatoms. The monoisotopic (exact) mass is 555 g/mol. The van der Waals surface area contributed by atoms with Crippen LogP contribution < -0.4 is 5.32 Å². The van der Waals surface area contributed by atoms with E-state index in [0.29, 0.717) is 17.1 Å². The number of esters is 1. The van der Waals surface area contributed by atoms with E-state index in [1.165, 1.54) is 11.3 Å². The first-order valence-electron chi connectivity index (χ1n) is 13.0. The zero-order valence-electron chi connectivity index (χ0n) is 23.0. The average molecular weight is 556 g/mol. The van der Waals surface area contributed by atoms with Gasteiger partial charge in [0, 0.05) is 5.38 Å². The molecule has 3 aromatic carbocycles. The SMILES string of the molecule is CC(CC(=O)OC(C)(C)C)ON=C(C=O)c1csc(NC(c2ccccc2)(c2ccccc2)c2ccccc2)n1. The van der Waals surface area contributed by atoms with Crippen LogP contribution in [0.3, 0.4) is 0 Å². The van der Waals surface area contributed by atoms with Crippen molar-refractivity contribution in [3.63, 3.8) is 0 Å². The number of ether oxygens (including phenoxy) is 1. The van der Waals surface area contributed by atoms with E-state index in [1.807, 2.05) is 54.6 Å². The zero-order chi connectivity index (χ0) is 28.6. The Kier molecular flexibility index (Phi) is 9.11. The lowest BCUT2D eigenvalue weighted by atomic mass is 9.77. The van der Waals surface area contributed by atoms with Crippen molar-refractivity contribution in [3.05, 3.63) is 119 Å². The highest BCUT2D eigenvalue weighted by Crippen LogP contribution is 2.40. The highest BCUT2D eigenvalue weighted by Gasteiger charge is 2.37. The number of nitrogens with one attached hydrogen (secondary N) is 1. The largest absolute Gasteiger partial charge is 0.460 e. The van der Waals surface area contributed by atoms with Crippen molar-refractivity contribution in [2.75, 3.05) is 5.32 Å². The van der Waals surface area contributed by atoms with E-state index in [-0.39, 0.29) is 12.1 Å². The molecule has 0 aliphatic carbocycles. The molecule has 0 saturated heterocycles. The first-order valence-corrected chi connectivity index (χ1v) is 13.9. The van der Waals surface area contributed by atoms with E-state index in [9.17, 15) is 9.59 Å². The molecule has 0 radical (unpaired) electrons. The van der Waals surface area contributed by atoms with Crippen LogP contribution in [0.4, 0.5) is 5.13 Å². The van der Waals surface area contributed by atoms with Gasteiger partial charge >= 0.3 is 5.97 Å². The lowest BCUT2D eigenvalue weighted by Crippen LogP contribution is -2.38. The molecule has 7 nitrogen and oxygen atoms in total. The third-order valence-corrected chi connectivity index (χ3v) is 6.76. The second-order valence-electron chi connectivity index (χ2n) is 10.3. The van der Waals surface area contributed by atoms with Gasteiger partial charge in [-0.25, -0.2) is 4.98 Å². The number of thiazole rings is 1. The summed E-state index contributed by atoms with van der Waals surface area (Å²) in [5.41, 5.74) is 2.16. The Morgan fingerprint density at radius 2 is 1.43 bits per heavy atom. The molecule has 1 N–H and O–H groups in total. The van der Waals surface area contributed by atoms with Crippen LogP contribution in [-0.4, -0.2) is 34.7 Å². The minimum absolute atomic E-state index is 0.00449. The van der Waals surface area contributed by atoms with Crippen molar-refractivity contribution in [3.8, 4) is 0 Å². The van der Waals surface area contributed by atoms with Crippen LogP contribution in [0.2, 0.25) is 0 Å². The topological polar surface area (TPSA) is 89.9 Å². The van der Waals surface area contributed by atoms with Crippen LogP contribution in [0.15, 0.2) is 102 Å². The second kappa shape index (κ2) is 12.7. The predicted octanol–water partition coefficient (Wildman–Crippen LogP) is 6.59. The fourth-order valence-corrected chi connectivity index (χ4v) is 5.08. The number of oxime groups is 1. The standard InChI is InChI=1S/C32H33N3O4S/c1-23(20-29(37)38-31(2,3)4)39-35-27(21-36)28-22-40-30(33-28)34-32(24-14-8-5-9-15-24,25-16-10-6-11-17-25)26-18-12-7-13-19-26/h5-19,21-23H,20H2,1-4H3,(H,33,34). The molecule has 4 aromatic rings. The number of carbonyl (C=O) groups is 2. The Hall–Kier alpha value is -4.30. The number of rotatable bonds is 11. The minimum atomic E-state index is -0.754. The summed E-state index contributed by atoms with van der Waals surface area (Å²) in [5.74, 6) is -0.401. The van der Waals surface area contributed by atoms with Gasteiger partial charge in [-0.1, -0.05) is 96.2 Å². The summed E-state index contributed by atoms with van der Waals surface area (Å²) in [6.07, 6.45) is 0.0190. The van der Waals surface area contributed by atoms with Gasteiger partial charge in [0.05, 0.1) is 6.42 Å². The number of hydrogen-bond donors (Lipinski definition) is 1. The Balaban J connectivity index is 1.64. The molecule has 0 aliphatic rings. The molecule has 0 bridgehead atoms. The van der Waals surface area contributed by atoms with Gasteiger partial charge in [-0.3, -0.25) is 9.59 Å². The van der Waals surface area contributed by atoms with Gasteiger partial charge in [0.1, 0.15) is 22.9 Å². The van der Waals surface area contributed by atoms with E-state index in [0.717, 1.165) is 16.7 Å². The summed E-state index contributed by atoms with van der Waals surface area (Å²) in [6.45, 7) is 7.09.